The van der Waals surface area contributed by atoms with Crippen molar-refractivity contribution in [3.05, 3.63) is 29.8 Å². The Kier molecular flexibility index (Phi) is 3.02. The summed E-state index contributed by atoms with van der Waals surface area (Å²) in [6, 6.07) is 2.69. The van der Waals surface area contributed by atoms with Gasteiger partial charge in [-0.05, 0) is 37.8 Å². The van der Waals surface area contributed by atoms with Crippen molar-refractivity contribution in [3.63, 3.8) is 0 Å². The second-order valence-electron chi connectivity index (χ2n) is 4.58. The number of aliphatic carboxylic acids is 1. The number of carbonyl (C=O) groups excluding carboxylic acids is 1. The third-order valence-corrected chi connectivity index (χ3v) is 3.22. The Morgan fingerprint density at radius 3 is 2.72 bits per heavy atom. The molecule has 0 spiro atoms. The van der Waals surface area contributed by atoms with Gasteiger partial charge in [0.15, 0.2) is 0 Å². The summed E-state index contributed by atoms with van der Waals surface area (Å²) in [7, 11) is 0. The van der Waals surface area contributed by atoms with Crippen molar-refractivity contribution in [3.8, 4) is 0 Å². The molecule has 1 aromatic heterocycles. The van der Waals surface area contributed by atoms with Gasteiger partial charge in [-0.1, -0.05) is 0 Å². The molecule has 96 valence electrons. The first-order valence-corrected chi connectivity index (χ1v) is 5.61. The van der Waals surface area contributed by atoms with E-state index in [2.05, 4.69) is 10.3 Å². The maximum atomic E-state index is 13.3. The molecule has 5 nitrogen and oxygen atoms in total. The number of aromatic nitrogens is 1. The molecule has 1 aliphatic rings. The van der Waals surface area contributed by atoms with Gasteiger partial charge in [0.2, 0.25) is 5.95 Å². The van der Waals surface area contributed by atoms with Gasteiger partial charge in [-0.2, -0.15) is 4.39 Å². The number of halogens is 1. The Labute approximate surface area is 103 Å². The van der Waals surface area contributed by atoms with Crippen LogP contribution in [0, 0.1) is 11.9 Å². The van der Waals surface area contributed by atoms with Gasteiger partial charge in [0.1, 0.15) is 5.54 Å². The summed E-state index contributed by atoms with van der Waals surface area (Å²) >= 11 is 0. The summed E-state index contributed by atoms with van der Waals surface area (Å²) in [6.07, 6.45) is 2.72. The van der Waals surface area contributed by atoms with Crippen LogP contribution >= 0.6 is 0 Å². The molecule has 1 heterocycles. The third-order valence-electron chi connectivity index (χ3n) is 3.22. The van der Waals surface area contributed by atoms with Crippen LogP contribution in [0.3, 0.4) is 0 Å². The molecule has 2 rings (SSSR count). The highest BCUT2D eigenvalue weighted by Gasteiger charge is 2.48. The predicted octanol–water partition coefficient (Wildman–Crippen LogP) is 1.20. The number of nitrogens with zero attached hydrogens (tertiary/aromatic N) is 1. The smallest absolute Gasteiger partial charge is 0.329 e. The summed E-state index contributed by atoms with van der Waals surface area (Å²) in [6.45, 7) is 1.44. The Bertz CT molecular complexity index is 502. The molecule has 2 N–H and O–H groups in total. The molecule has 18 heavy (non-hydrogen) atoms. The monoisotopic (exact) mass is 252 g/mol. The Balaban J connectivity index is 2.20. The highest BCUT2D eigenvalue weighted by molar-refractivity contribution is 5.97. The first-order chi connectivity index (χ1) is 8.45. The minimum atomic E-state index is -1.35. The summed E-state index contributed by atoms with van der Waals surface area (Å²) in [5.74, 6) is -2.86. The average Bonchev–Trinajstić information content (AvgIpc) is 3.13. The number of hydrogen-bond acceptors (Lipinski definition) is 3. The molecule has 0 radical (unpaired) electrons. The Morgan fingerprint density at radius 2 is 2.22 bits per heavy atom. The van der Waals surface area contributed by atoms with Crippen molar-refractivity contribution < 1.29 is 19.1 Å². The number of amides is 1. The number of hydrogen-bond donors (Lipinski definition) is 2. The van der Waals surface area contributed by atoms with E-state index < -0.39 is 23.4 Å². The highest BCUT2D eigenvalue weighted by Crippen LogP contribution is 2.39. The zero-order valence-electron chi connectivity index (χ0n) is 9.81. The molecule has 1 aromatic rings. The largest absolute Gasteiger partial charge is 0.480 e. The van der Waals surface area contributed by atoms with E-state index in [0.717, 1.165) is 12.8 Å². The minimum absolute atomic E-state index is 0.0984. The third kappa shape index (κ3) is 2.18. The van der Waals surface area contributed by atoms with Gasteiger partial charge in [0.25, 0.3) is 5.91 Å². The lowest BCUT2D eigenvalue weighted by Crippen LogP contribution is -2.54. The van der Waals surface area contributed by atoms with E-state index in [1.807, 2.05) is 0 Å². The van der Waals surface area contributed by atoms with E-state index >= 15 is 0 Å². The molecule has 1 fully saturated rings. The molecule has 1 amide bonds. The lowest BCUT2D eigenvalue weighted by molar-refractivity contribution is -0.144. The number of carboxylic acid groups (broad SMARTS) is 1. The van der Waals surface area contributed by atoms with Gasteiger partial charge < -0.3 is 10.4 Å². The van der Waals surface area contributed by atoms with E-state index in [1.165, 1.54) is 25.3 Å². The molecule has 1 unspecified atom stereocenters. The SMILES string of the molecule is CC(NC(=O)c1cccnc1F)(C(=O)O)C1CC1. The Morgan fingerprint density at radius 1 is 1.56 bits per heavy atom. The van der Waals surface area contributed by atoms with Crippen LogP contribution in [0.5, 0.6) is 0 Å². The van der Waals surface area contributed by atoms with Gasteiger partial charge in [0, 0.05) is 6.20 Å². The van der Waals surface area contributed by atoms with Gasteiger partial charge in [-0.25, -0.2) is 9.78 Å². The molecule has 0 aromatic carbocycles. The van der Waals surface area contributed by atoms with Crippen LogP contribution in [-0.4, -0.2) is 27.5 Å². The molecule has 6 heteroatoms. The fourth-order valence-corrected chi connectivity index (χ4v) is 1.85. The van der Waals surface area contributed by atoms with Crippen LogP contribution < -0.4 is 5.32 Å². The fourth-order valence-electron chi connectivity index (χ4n) is 1.85. The standard InChI is InChI=1S/C12H13FN2O3/c1-12(11(17)18,7-4-5-7)15-10(16)8-3-2-6-14-9(8)13/h2-3,6-7H,4-5H2,1H3,(H,15,16)(H,17,18). The molecule has 1 atom stereocenters. The average molecular weight is 252 g/mol. The van der Waals surface area contributed by atoms with Crippen molar-refractivity contribution in [1.82, 2.24) is 10.3 Å². The zero-order valence-corrected chi connectivity index (χ0v) is 9.81. The molecular weight excluding hydrogens is 239 g/mol. The van der Waals surface area contributed by atoms with E-state index in [0.29, 0.717) is 0 Å². The van der Waals surface area contributed by atoms with Crippen molar-refractivity contribution in [2.75, 3.05) is 0 Å². The van der Waals surface area contributed by atoms with Crippen LogP contribution in [-0.2, 0) is 4.79 Å². The van der Waals surface area contributed by atoms with Crippen LogP contribution in [0.2, 0.25) is 0 Å². The van der Waals surface area contributed by atoms with Gasteiger partial charge in [0.05, 0.1) is 5.56 Å². The van der Waals surface area contributed by atoms with E-state index in [-0.39, 0.29) is 11.5 Å². The van der Waals surface area contributed by atoms with Gasteiger partial charge in [-0.3, -0.25) is 4.79 Å². The molecule has 0 bridgehead atoms. The quantitative estimate of drug-likeness (QED) is 0.789. The maximum Gasteiger partial charge on any atom is 0.329 e. The van der Waals surface area contributed by atoms with E-state index in [1.54, 1.807) is 0 Å². The Hall–Kier alpha value is -1.98. The van der Waals surface area contributed by atoms with Crippen LogP contribution in [0.4, 0.5) is 4.39 Å². The summed E-state index contributed by atoms with van der Waals surface area (Å²) in [5, 5.41) is 11.6. The normalized spacial score (nSPS) is 17.9. The number of pyridine rings is 1. The summed E-state index contributed by atoms with van der Waals surface area (Å²) < 4.78 is 13.3. The van der Waals surface area contributed by atoms with Gasteiger partial charge in [-0.15, -0.1) is 0 Å². The second kappa shape index (κ2) is 4.36. The van der Waals surface area contributed by atoms with Crippen LogP contribution in [0.15, 0.2) is 18.3 Å². The molecule has 1 aliphatic carbocycles. The lowest BCUT2D eigenvalue weighted by atomic mass is 9.95. The lowest BCUT2D eigenvalue weighted by Gasteiger charge is -2.26. The summed E-state index contributed by atoms with van der Waals surface area (Å²) in [5.41, 5.74) is -1.59. The van der Waals surface area contributed by atoms with Crippen LogP contribution in [0.25, 0.3) is 0 Å². The first kappa shape index (κ1) is 12.5. The molecule has 0 saturated heterocycles. The number of carboxylic acids is 1. The first-order valence-electron chi connectivity index (χ1n) is 5.61. The van der Waals surface area contributed by atoms with Crippen LogP contribution in [0.1, 0.15) is 30.1 Å². The highest BCUT2D eigenvalue weighted by atomic mass is 19.1. The molecular formula is C12H13FN2O3. The van der Waals surface area contributed by atoms with E-state index in [9.17, 15) is 19.1 Å². The number of rotatable bonds is 4. The predicted molar refractivity (Wildman–Crippen MR) is 60.4 cm³/mol. The summed E-state index contributed by atoms with van der Waals surface area (Å²) in [4.78, 5) is 26.5. The molecule has 1 saturated carbocycles. The van der Waals surface area contributed by atoms with Crippen molar-refractivity contribution in [1.29, 1.82) is 0 Å². The second-order valence-corrected chi connectivity index (χ2v) is 4.58. The maximum absolute atomic E-state index is 13.3. The van der Waals surface area contributed by atoms with E-state index in [4.69, 9.17) is 0 Å². The van der Waals surface area contributed by atoms with Crippen molar-refractivity contribution in [2.45, 2.75) is 25.3 Å². The number of carbonyl (C=O) groups is 2. The minimum Gasteiger partial charge on any atom is -0.480 e. The number of nitrogens with one attached hydrogen (secondary N) is 1. The molecule has 0 aliphatic heterocycles. The van der Waals surface area contributed by atoms with Crippen molar-refractivity contribution in [2.24, 2.45) is 5.92 Å². The fraction of sp³-hybridized carbons (Fsp3) is 0.417. The topological polar surface area (TPSA) is 79.3 Å². The van der Waals surface area contributed by atoms with Gasteiger partial charge >= 0.3 is 5.97 Å². The zero-order chi connectivity index (χ0) is 13.3. The van der Waals surface area contributed by atoms with Crippen molar-refractivity contribution >= 4 is 11.9 Å².